The number of anilines is 1. The van der Waals surface area contributed by atoms with Gasteiger partial charge in [-0.15, -0.1) is 23.1 Å². The Balaban J connectivity index is 1.95. The average Bonchev–Trinajstić information content (AvgIpc) is 3.09. The van der Waals surface area contributed by atoms with Crippen molar-refractivity contribution in [1.29, 1.82) is 0 Å². The number of thiophene rings is 1. The van der Waals surface area contributed by atoms with Gasteiger partial charge in [0.05, 0.1) is 11.1 Å². The zero-order valence-electron chi connectivity index (χ0n) is 12.2. The predicted octanol–water partition coefficient (Wildman–Crippen LogP) is 5.06. The van der Waals surface area contributed by atoms with Gasteiger partial charge in [0.25, 0.3) is 0 Å². The topological polar surface area (TPSA) is 56.0 Å². The number of thioether (sulfide) groups is 1. The van der Waals surface area contributed by atoms with E-state index >= 15 is 0 Å². The quantitative estimate of drug-likeness (QED) is 0.384. The van der Waals surface area contributed by atoms with Crippen LogP contribution in [0.1, 0.15) is 35.0 Å². The van der Waals surface area contributed by atoms with Crippen LogP contribution in [0.4, 0.5) is 5.69 Å². The summed E-state index contributed by atoms with van der Waals surface area (Å²) in [5.74, 6) is 1.03. The number of nitrogens with zero attached hydrogens (tertiary/aromatic N) is 1. The van der Waals surface area contributed by atoms with Crippen LogP contribution in [0.25, 0.3) is 9.40 Å². The number of hydrogen-bond acceptors (Lipinski definition) is 6. The van der Waals surface area contributed by atoms with Gasteiger partial charge < -0.3 is 5.73 Å². The van der Waals surface area contributed by atoms with Crippen LogP contribution in [-0.2, 0) is 0 Å². The summed E-state index contributed by atoms with van der Waals surface area (Å²) in [4.78, 5) is 13.2. The molecule has 114 valence electrons. The first kappa shape index (κ1) is 15.5. The standard InChI is InChI=1S/C16H16N2OS3/c1-2-3-9-20-15-11-12(17)14(21-16(11)22-18-15)13(19)10-7-5-4-6-8-10/h4-8H,2-3,9,17H2,1H3. The predicted molar refractivity (Wildman–Crippen MR) is 97.4 cm³/mol. The SMILES string of the molecule is CCCCSc1nsc2sc(C(=O)c3ccccc3)c(N)c12. The number of unbranched alkanes of at least 4 members (excludes halogenated alkanes) is 1. The molecule has 0 fully saturated rings. The third kappa shape index (κ3) is 2.91. The first-order valence-electron chi connectivity index (χ1n) is 7.12. The highest BCUT2D eigenvalue weighted by atomic mass is 32.2. The maximum Gasteiger partial charge on any atom is 0.205 e. The van der Waals surface area contributed by atoms with E-state index in [1.54, 1.807) is 11.8 Å². The number of nitrogen functional groups attached to an aromatic ring is 1. The molecule has 0 saturated heterocycles. The van der Waals surface area contributed by atoms with E-state index in [-0.39, 0.29) is 5.78 Å². The molecule has 3 nitrogen and oxygen atoms in total. The Morgan fingerprint density at radius 3 is 2.82 bits per heavy atom. The fourth-order valence-corrected chi connectivity index (χ4v) is 5.54. The largest absolute Gasteiger partial charge is 0.397 e. The van der Waals surface area contributed by atoms with Crippen molar-refractivity contribution in [3.8, 4) is 0 Å². The Hall–Kier alpha value is -1.37. The molecule has 6 heteroatoms. The second kappa shape index (κ2) is 6.81. The lowest BCUT2D eigenvalue weighted by Crippen LogP contribution is -2.01. The Bertz CT molecular complexity index is 792. The third-order valence-electron chi connectivity index (χ3n) is 3.32. The van der Waals surface area contributed by atoms with E-state index in [0.717, 1.165) is 33.0 Å². The van der Waals surface area contributed by atoms with E-state index < -0.39 is 0 Å². The molecule has 0 amide bonds. The zero-order chi connectivity index (χ0) is 15.5. The molecular formula is C16H16N2OS3. The lowest BCUT2D eigenvalue weighted by Gasteiger charge is -2.00. The number of carbonyl (C=O) groups is 1. The van der Waals surface area contributed by atoms with Gasteiger partial charge >= 0.3 is 0 Å². The lowest BCUT2D eigenvalue weighted by molar-refractivity contribution is 0.104. The number of hydrogen-bond donors (Lipinski definition) is 1. The van der Waals surface area contributed by atoms with Crippen LogP contribution in [0.15, 0.2) is 35.4 Å². The molecule has 3 rings (SSSR count). The van der Waals surface area contributed by atoms with Gasteiger partial charge in [-0.1, -0.05) is 43.7 Å². The van der Waals surface area contributed by atoms with Crippen LogP contribution < -0.4 is 5.73 Å². The van der Waals surface area contributed by atoms with Crippen molar-refractivity contribution < 1.29 is 4.79 Å². The number of carbonyl (C=O) groups excluding carboxylic acids is 1. The summed E-state index contributed by atoms with van der Waals surface area (Å²) < 4.78 is 5.52. The van der Waals surface area contributed by atoms with Crippen LogP contribution in [0.2, 0.25) is 0 Å². The molecule has 1 aromatic carbocycles. The fourth-order valence-electron chi connectivity index (χ4n) is 2.12. The van der Waals surface area contributed by atoms with Gasteiger partial charge in [0.15, 0.2) is 0 Å². The molecule has 0 aliphatic rings. The van der Waals surface area contributed by atoms with Gasteiger partial charge in [0.1, 0.15) is 13.9 Å². The minimum absolute atomic E-state index is 0.00370. The van der Waals surface area contributed by atoms with Crippen molar-refractivity contribution >= 4 is 55.5 Å². The van der Waals surface area contributed by atoms with Gasteiger partial charge in [0, 0.05) is 5.56 Å². The normalized spacial score (nSPS) is 11.1. The van der Waals surface area contributed by atoms with Crippen molar-refractivity contribution in [1.82, 2.24) is 4.37 Å². The molecule has 0 aliphatic heterocycles. The van der Waals surface area contributed by atoms with Gasteiger partial charge in [0.2, 0.25) is 5.78 Å². The monoisotopic (exact) mass is 348 g/mol. The van der Waals surface area contributed by atoms with E-state index in [9.17, 15) is 4.79 Å². The molecule has 3 aromatic rings. The summed E-state index contributed by atoms with van der Waals surface area (Å²) in [7, 11) is 0. The van der Waals surface area contributed by atoms with E-state index in [2.05, 4.69) is 11.3 Å². The molecule has 0 atom stereocenters. The summed E-state index contributed by atoms with van der Waals surface area (Å²) in [5.41, 5.74) is 7.53. The van der Waals surface area contributed by atoms with Gasteiger partial charge in [-0.2, -0.15) is 4.37 Å². The smallest absolute Gasteiger partial charge is 0.205 e. The fraction of sp³-hybridized carbons (Fsp3) is 0.250. The second-order valence-electron chi connectivity index (χ2n) is 4.89. The van der Waals surface area contributed by atoms with E-state index in [1.165, 1.54) is 22.9 Å². The van der Waals surface area contributed by atoms with Crippen molar-refractivity contribution in [2.45, 2.75) is 24.8 Å². The van der Waals surface area contributed by atoms with Gasteiger partial charge in [-0.3, -0.25) is 4.79 Å². The molecule has 0 aliphatic carbocycles. The number of ketones is 1. The Morgan fingerprint density at radius 2 is 2.09 bits per heavy atom. The number of rotatable bonds is 6. The van der Waals surface area contributed by atoms with Crippen molar-refractivity contribution in [3.63, 3.8) is 0 Å². The lowest BCUT2D eigenvalue weighted by atomic mass is 10.1. The van der Waals surface area contributed by atoms with Crippen LogP contribution in [0.5, 0.6) is 0 Å². The first-order chi connectivity index (χ1) is 10.7. The molecule has 0 bridgehead atoms. The second-order valence-corrected chi connectivity index (χ2v) is 8.03. The number of nitrogens with two attached hydrogens (primary N) is 1. The summed E-state index contributed by atoms with van der Waals surface area (Å²) in [6, 6.07) is 9.29. The molecule has 0 unspecified atom stereocenters. The van der Waals surface area contributed by atoms with Gasteiger partial charge in [-0.05, 0) is 23.7 Å². The highest BCUT2D eigenvalue weighted by molar-refractivity contribution is 7.99. The molecule has 0 spiro atoms. The average molecular weight is 349 g/mol. The van der Waals surface area contributed by atoms with Crippen LogP contribution >= 0.6 is 34.6 Å². The maximum absolute atomic E-state index is 12.6. The Kier molecular flexibility index (Phi) is 4.81. The molecular weight excluding hydrogens is 332 g/mol. The number of aromatic nitrogens is 1. The molecule has 0 radical (unpaired) electrons. The van der Waals surface area contributed by atoms with Gasteiger partial charge in [-0.25, -0.2) is 0 Å². The number of benzene rings is 1. The van der Waals surface area contributed by atoms with E-state index in [4.69, 9.17) is 5.73 Å². The molecule has 0 saturated carbocycles. The summed E-state index contributed by atoms with van der Waals surface area (Å²) in [5, 5.41) is 1.93. The molecule has 2 heterocycles. The highest BCUT2D eigenvalue weighted by Crippen LogP contribution is 2.42. The Labute approximate surface area is 141 Å². The van der Waals surface area contributed by atoms with Crippen LogP contribution in [0.3, 0.4) is 0 Å². The van der Waals surface area contributed by atoms with E-state index in [0.29, 0.717) is 16.1 Å². The Morgan fingerprint density at radius 1 is 1.32 bits per heavy atom. The van der Waals surface area contributed by atoms with Crippen molar-refractivity contribution in [3.05, 3.63) is 40.8 Å². The summed E-state index contributed by atoms with van der Waals surface area (Å²) >= 11 is 4.62. The third-order valence-corrected chi connectivity index (χ3v) is 6.61. The van der Waals surface area contributed by atoms with Crippen molar-refractivity contribution in [2.24, 2.45) is 0 Å². The zero-order valence-corrected chi connectivity index (χ0v) is 14.6. The summed E-state index contributed by atoms with van der Waals surface area (Å²) in [6.07, 6.45) is 2.32. The van der Waals surface area contributed by atoms with E-state index in [1.807, 2.05) is 30.3 Å². The number of fused-ring (bicyclic) bond motifs is 1. The molecule has 2 aromatic heterocycles. The highest BCUT2D eigenvalue weighted by Gasteiger charge is 2.22. The van der Waals surface area contributed by atoms with Crippen LogP contribution in [0, 0.1) is 0 Å². The first-order valence-corrected chi connectivity index (χ1v) is 9.70. The minimum atomic E-state index is -0.00370. The minimum Gasteiger partial charge on any atom is -0.397 e. The maximum atomic E-state index is 12.6. The van der Waals surface area contributed by atoms with Crippen molar-refractivity contribution in [2.75, 3.05) is 11.5 Å². The van der Waals surface area contributed by atoms with Crippen LogP contribution in [-0.4, -0.2) is 15.9 Å². The molecule has 22 heavy (non-hydrogen) atoms. The summed E-state index contributed by atoms with van der Waals surface area (Å²) in [6.45, 7) is 2.17. The molecule has 2 N–H and O–H groups in total.